The van der Waals surface area contributed by atoms with Gasteiger partial charge in [0.15, 0.2) is 0 Å². The first-order chi connectivity index (χ1) is 9.82. The number of rotatable bonds is 3. The van der Waals surface area contributed by atoms with Crippen LogP contribution in [0.25, 0.3) is 0 Å². The molecule has 2 atom stereocenters. The minimum Gasteiger partial charge on any atom is -0.465 e. The second kappa shape index (κ2) is 6.08. The molecule has 1 aliphatic rings. The summed E-state index contributed by atoms with van der Waals surface area (Å²) < 4.78 is 4.90. The molecule has 1 aromatic carbocycles. The fourth-order valence-corrected chi connectivity index (χ4v) is 3.42. The van der Waals surface area contributed by atoms with Gasteiger partial charge in [0.1, 0.15) is 0 Å². The van der Waals surface area contributed by atoms with E-state index in [4.69, 9.17) is 4.74 Å². The highest BCUT2D eigenvalue weighted by molar-refractivity contribution is 5.95. The highest BCUT2D eigenvalue weighted by Crippen LogP contribution is 2.39. The number of benzene rings is 1. The lowest BCUT2D eigenvalue weighted by Gasteiger charge is -2.40. The van der Waals surface area contributed by atoms with Crippen LogP contribution in [0.2, 0.25) is 0 Å². The van der Waals surface area contributed by atoms with Crippen LogP contribution < -0.4 is 5.32 Å². The van der Waals surface area contributed by atoms with Crippen molar-refractivity contribution in [2.45, 2.75) is 53.0 Å². The minimum atomic E-state index is -0.273. The number of anilines is 1. The van der Waals surface area contributed by atoms with Crippen LogP contribution in [0.3, 0.4) is 0 Å². The summed E-state index contributed by atoms with van der Waals surface area (Å²) in [6, 6.07) is 6.34. The van der Waals surface area contributed by atoms with Gasteiger partial charge in [-0.1, -0.05) is 32.4 Å². The van der Waals surface area contributed by atoms with Gasteiger partial charge in [0.2, 0.25) is 0 Å². The zero-order valence-electron chi connectivity index (χ0n) is 13.8. The lowest BCUT2D eigenvalue weighted by molar-refractivity contribution is 0.0601. The summed E-state index contributed by atoms with van der Waals surface area (Å²) in [5.41, 5.74) is 3.02. The number of carbonyl (C=O) groups is 1. The van der Waals surface area contributed by atoms with Gasteiger partial charge in [0.25, 0.3) is 0 Å². The molecule has 1 fully saturated rings. The van der Waals surface area contributed by atoms with Gasteiger partial charge in [-0.3, -0.25) is 0 Å². The van der Waals surface area contributed by atoms with Gasteiger partial charge in [-0.15, -0.1) is 0 Å². The third-order valence-electron chi connectivity index (χ3n) is 4.61. The largest absolute Gasteiger partial charge is 0.465 e. The highest BCUT2D eigenvalue weighted by atomic mass is 16.5. The standard InChI is InChI=1S/C18H27NO2/c1-12-6-7-16(14(10-12)17(20)21-5)19-15-8-9-18(3,4)11-13(15)2/h6-7,10,13,15,19H,8-9,11H2,1-5H3. The Morgan fingerprint density at radius 3 is 2.71 bits per heavy atom. The predicted molar refractivity (Wildman–Crippen MR) is 86.7 cm³/mol. The summed E-state index contributed by atoms with van der Waals surface area (Å²) in [7, 11) is 1.43. The average Bonchev–Trinajstić information content (AvgIpc) is 2.42. The lowest BCUT2D eigenvalue weighted by atomic mass is 9.70. The Balaban J connectivity index is 2.18. The van der Waals surface area contributed by atoms with E-state index in [1.54, 1.807) is 0 Å². The number of esters is 1. The fourth-order valence-electron chi connectivity index (χ4n) is 3.42. The second-order valence-electron chi connectivity index (χ2n) is 7.18. The zero-order chi connectivity index (χ0) is 15.6. The van der Waals surface area contributed by atoms with Crippen LogP contribution in [0.5, 0.6) is 0 Å². The summed E-state index contributed by atoms with van der Waals surface area (Å²) in [6.07, 6.45) is 3.57. The number of aryl methyl sites for hydroxylation is 1. The van der Waals surface area contributed by atoms with Gasteiger partial charge >= 0.3 is 5.97 Å². The van der Waals surface area contributed by atoms with Crippen molar-refractivity contribution in [2.75, 3.05) is 12.4 Å². The molecule has 0 saturated heterocycles. The molecule has 1 aromatic rings. The van der Waals surface area contributed by atoms with Gasteiger partial charge < -0.3 is 10.1 Å². The Bertz CT molecular complexity index is 522. The molecule has 1 saturated carbocycles. The molecule has 0 aromatic heterocycles. The fraction of sp³-hybridized carbons (Fsp3) is 0.611. The first-order valence-electron chi connectivity index (χ1n) is 7.78. The Kier molecular flexibility index (Phi) is 4.60. The van der Waals surface area contributed by atoms with Crippen LogP contribution in [0.1, 0.15) is 56.0 Å². The Labute approximate surface area is 128 Å². The van der Waals surface area contributed by atoms with E-state index >= 15 is 0 Å². The molecule has 2 rings (SSSR count). The molecule has 116 valence electrons. The third-order valence-corrected chi connectivity index (χ3v) is 4.61. The summed E-state index contributed by atoms with van der Waals surface area (Å²) in [5, 5.41) is 3.58. The molecular formula is C18H27NO2. The molecule has 0 amide bonds. The average molecular weight is 289 g/mol. The van der Waals surface area contributed by atoms with E-state index in [-0.39, 0.29) is 5.97 Å². The molecule has 0 spiro atoms. The van der Waals surface area contributed by atoms with Crippen LogP contribution in [0, 0.1) is 18.3 Å². The summed E-state index contributed by atoms with van der Waals surface area (Å²) in [6.45, 7) is 8.96. The molecule has 3 heteroatoms. The maximum absolute atomic E-state index is 12.0. The van der Waals surface area contributed by atoms with E-state index in [0.29, 0.717) is 22.9 Å². The van der Waals surface area contributed by atoms with Crippen molar-refractivity contribution >= 4 is 11.7 Å². The van der Waals surface area contributed by atoms with E-state index in [9.17, 15) is 4.79 Å². The molecule has 0 aliphatic heterocycles. The Hall–Kier alpha value is -1.51. The van der Waals surface area contributed by atoms with Crippen molar-refractivity contribution in [1.82, 2.24) is 0 Å². The minimum absolute atomic E-state index is 0.273. The third kappa shape index (κ3) is 3.78. The first-order valence-corrected chi connectivity index (χ1v) is 7.78. The highest BCUT2D eigenvalue weighted by Gasteiger charge is 2.32. The summed E-state index contributed by atoms with van der Waals surface area (Å²) >= 11 is 0. The normalized spacial score (nSPS) is 24.4. The van der Waals surface area contributed by atoms with Gasteiger partial charge in [-0.2, -0.15) is 0 Å². The van der Waals surface area contributed by atoms with Crippen molar-refractivity contribution in [1.29, 1.82) is 0 Å². The van der Waals surface area contributed by atoms with Crippen molar-refractivity contribution in [3.05, 3.63) is 29.3 Å². The van der Waals surface area contributed by atoms with Crippen molar-refractivity contribution in [3.8, 4) is 0 Å². The van der Waals surface area contributed by atoms with Crippen LogP contribution >= 0.6 is 0 Å². The van der Waals surface area contributed by atoms with Crippen molar-refractivity contribution in [3.63, 3.8) is 0 Å². The number of nitrogens with one attached hydrogen (secondary N) is 1. The Morgan fingerprint density at radius 1 is 1.38 bits per heavy atom. The number of methoxy groups -OCH3 is 1. The number of hydrogen-bond donors (Lipinski definition) is 1. The maximum atomic E-state index is 12.0. The van der Waals surface area contributed by atoms with Gasteiger partial charge in [0, 0.05) is 11.7 Å². The molecule has 1 N–H and O–H groups in total. The quantitative estimate of drug-likeness (QED) is 0.838. The second-order valence-corrected chi connectivity index (χ2v) is 7.18. The van der Waals surface area contributed by atoms with Crippen molar-refractivity contribution < 1.29 is 9.53 Å². The predicted octanol–water partition coefficient (Wildman–Crippen LogP) is 4.41. The molecule has 3 nitrogen and oxygen atoms in total. The topological polar surface area (TPSA) is 38.3 Å². The number of hydrogen-bond acceptors (Lipinski definition) is 3. The van der Waals surface area contributed by atoms with E-state index < -0.39 is 0 Å². The first kappa shape index (κ1) is 15.9. The van der Waals surface area contributed by atoms with Gasteiger partial charge in [-0.25, -0.2) is 4.79 Å². The van der Waals surface area contributed by atoms with Crippen LogP contribution in [0.4, 0.5) is 5.69 Å². The van der Waals surface area contributed by atoms with E-state index in [1.807, 2.05) is 25.1 Å². The molecule has 1 aliphatic carbocycles. The van der Waals surface area contributed by atoms with Crippen LogP contribution in [-0.4, -0.2) is 19.1 Å². The number of ether oxygens (including phenoxy) is 1. The molecular weight excluding hydrogens is 262 g/mol. The molecule has 21 heavy (non-hydrogen) atoms. The summed E-state index contributed by atoms with van der Waals surface area (Å²) in [4.78, 5) is 12.0. The van der Waals surface area contributed by atoms with Gasteiger partial charge in [-0.05, 0) is 49.7 Å². The van der Waals surface area contributed by atoms with E-state index in [0.717, 1.165) is 17.7 Å². The van der Waals surface area contributed by atoms with Gasteiger partial charge in [0.05, 0.1) is 12.7 Å². The smallest absolute Gasteiger partial charge is 0.339 e. The zero-order valence-corrected chi connectivity index (χ0v) is 13.8. The Morgan fingerprint density at radius 2 is 2.10 bits per heavy atom. The van der Waals surface area contributed by atoms with E-state index in [1.165, 1.54) is 20.0 Å². The summed E-state index contributed by atoms with van der Waals surface area (Å²) in [5.74, 6) is 0.325. The molecule has 0 bridgehead atoms. The molecule has 0 radical (unpaired) electrons. The lowest BCUT2D eigenvalue weighted by Crippen LogP contribution is -2.37. The van der Waals surface area contributed by atoms with Crippen LogP contribution in [0.15, 0.2) is 18.2 Å². The van der Waals surface area contributed by atoms with Crippen LogP contribution in [-0.2, 0) is 4.74 Å². The SMILES string of the molecule is COC(=O)c1cc(C)ccc1NC1CCC(C)(C)CC1C. The van der Waals surface area contributed by atoms with Crippen molar-refractivity contribution in [2.24, 2.45) is 11.3 Å². The maximum Gasteiger partial charge on any atom is 0.339 e. The molecule has 0 heterocycles. The number of carbonyl (C=O) groups excluding carboxylic acids is 1. The molecule has 2 unspecified atom stereocenters. The van der Waals surface area contributed by atoms with E-state index in [2.05, 4.69) is 26.1 Å². The monoisotopic (exact) mass is 289 g/mol.